The number of halogens is 1. The van der Waals surface area contributed by atoms with Crippen LogP contribution in [-0.2, 0) is 9.59 Å². The highest BCUT2D eigenvalue weighted by Gasteiger charge is 2.11. The lowest BCUT2D eigenvalue weighted by Gasteiger charge is -2.10. The van der Waals surface area contributed by atoms with Crippen molar-refractivity contribution in [3.8, 4) is 5.75 Å². The Bertz CT molecular complexity index is 753. The highest BCUT2D eigenvalue weighted by atomic mass is 35.5. The lowest BCUT2D eigenvalue weighted by molar-refractivity contribution is -0.120. The van der Waals surface area contributed by atoms with E-state index in [2.05, 4.69) is 10.6 Å². The van der Waals surface area contributed by atoms with Crippen molar-refractivity contribution in [1.82, 2.24) is 5.32 Å². The van der Waals surface area contributed by atoms with E-state index in [4.69, 9.17) is 16.3 Å². The van der Waals surface area contributed by atoms with Gasteiger partial charge in [-0.3, -0.25) is 9.59 Å². The molecule has 0 heterocycles. The molecule has 124 valence electrons. The molecule has 2 N–H and O–H groups in total. The first-order valence-electron chi connectivity index (χ1n) is 7.18. The molecule has 0 spiro atoms. The van der Waals surface area contributed by atoms with Crippen molar-refractivity contribution in [2.75, 3.05) is 12.4 Å². The molecular formula is C18H17ClN2O3. The average Bonchev–Trinajstić information content (AvgIpc) is 2.56. The maximum Gasteiger partial charge on any atom is 0.272 e. The van der Waals surface area contributed by atoms with Crippen molar-refractivity contribution in [1.29, 1.82) is 0 Å². The van der Waals surface area contributed by atoms with Gasteiger partial charge >= 0.3 is 0 Å². The molecule has 5 nitrogen and oxygen atoms in total. The fourth-order valence-corrected chi connectivity index (χ4v) is 2.07. The highest BCUT2D eigenvalue weighted by molar-refractivity contribution is 6.30. The number of carbonyl (C=O) groups excluding carboxylic acids is 2. The van der Waals surface area contributed by atoms with Crippen molar-refractivity contribution in [2.24, 2.45) is 0 Å². The summed E-state index contributed by atoms with van der Waals surface area (Å²) in [5.41, 5.74) is 1.48. The normalized spacial score (nSPS) is 10.9. The van der Waals surface area contributed by atoms with E-state index in [1.54, 1.807) is 61.7 Å². The van der Waals surface area contributed by atoms with Crippen molar-refractivity contribution >= 4 is 35.2 Å². The maximum absolute atomic E-state index is 12.4. The number of ether oxygens (including phenoxy) is 1. The minimum Gasteiger partial charge on any atom is -0.497 e. The SMILES string of the molecule is COc1ccc(C=C(NC(C)=O)C(=O)Nc2ccc(Cl)cc2)cc1. The van der Waals surface area contributed by atoms with E-state index in [9.17, 15) is 9.59 Å². The molecule has 6 heteroatoms. The van der Waals surface area contributed by atoms with E-state index in [1.807, 2.05) is 0 Å². The number of carbonyl (C=O) groups is 2. The van der Waals surface area contributed by atoms with Crippen LogP contribution in [0.4, 0.5) is 5.69 Å². The van der Waals surface area contributed by atoms with Gasteiger partial charge < -0.3 is 15.4 Å². The molecular weight excluding hydrogens is 328 g/mol. The van der Waals surface area contributed by atoms with Crippen LogP contribution in [0.1, 0.15) is 12.5 Å². The van der Waals surface area contributed by atoms with Gasteiger partial charge in [0, 0.05) is 17.6 Å². The molecule has 0 aliphatic rings. The monoisotopic (exact) mass is 344 g/mol. The Hall–Kier alpha value is -2.79. The van der Waals surface area contributed by atoms with Crippen LogP contribution >= 0.6 is 11.6 Å². The van der Waals surface area contributed by atoms with Crippen molar-refractivity contribution < 1.29 is 14.3 Å². The molecule has 0 radical (unpaired) electrons. The van der Waals surface area contributed by atoms with Gasteiger partial charge in [-0.25, -0.2) is 0 Å². The Kier molecular flexibility index (Phi) is 5.98. The van der Waals surface area contributed by atoms with Gasteiger partial charge in [-0.05, 0) is 48.0 Å². The fourth-order valence-electron chi connectivity index (χ4n) is 1.95. The summed E-state index contributed by atoms with van der Waals surface area (Å²) in [5.74, 6) is -0.0526. The summed E-state index contributed by atoms with van der Waals surface area (Å²) in [6, 6.07) is 13.8. The molecule has 0 bridgehead atoms. The smallest absolute Gasteiger partial charge is 0.272 e. The highest BCUT2D eigenvalue weighted by Crippen LogP contribution is 2.16. The molecule has 0 saturated carbocycles. The third-order valence-corrected chi connectivity index (χ3v) is 3.34. The molecule has 2 amide bonds. The molecule has 2 rings (SSSR count). The zero-order valence-electron chi connectivity index (χ0n) is 13.3. The first kappa shape index (κ1) is 17.6. The second-order valence-corrected chi connectivity index (χ2v) is 5.41. The van der Waals surface area contributed by atoms with Gasteiger partial charge in [-0.1, -0.05) is 23.7 Å². The van der Waals surface area contributed by atoms with E-state index in [0.717, 1.165) is 5.56 Å². The number of anilines is 1. The fraction of sp³-hybridized carbons (Fsp3) is 0.111. The molecule has 24 heavy (non-hydrogen) atoms. The Morgan fingerprint density at radius 3 is 2.21 bits per heavy atom. The number of rotatable bonds is 5. The number of hydrogen-bond donors (Lipinski definition) is 2. The van der Waals surface area contributed by atoms with Gasteiger partial charge in [0.25, 0.3) is 5.91 Å². The van der Waals surface area contributed by atoms with Crippen LogP contribution in [0.2, 0.25) is 5.02 Å². The maximum atomic E-state index is 12.4. The summed E-state index contributed by atoms with van der Waals surface area (Å²) in [4.78, 5) is 23.8. The van der Waals surface area contributed by atoms with Crippen LogP contribution in [0, 0.1) is 0 Å². The van der Waals surface area contributed by atoms with Gasteiger partial charge in [-0.15, -0.1) is 0 Å². The lowest BCUT2D eigenvalue weighted by Crippen LogP contribution is -2.28. The van der Waals surface area contributed by atoms with E-state index >= 15 is 0 Å². The van der Waals surface area contributed by atoms with Gasteiger partial charge in [0.2, 0.25) is 5.91 Å². The number of amides is 2. The second kappa shape index (κ2) is 8.17. The molecule has 2 aromatic rings. The van der Waals surface area contributed by atoms with Crippen LogP contribution in [0.15, 0.2) is 54.2 Å². The van der Waals surface area contributed by atoms with E-state index in [-0.39, 0.29) is 11.6 Å². The molecule has 0 aromatic heterocycles. The van der Waals surface area contributed by atoms with Gasteiger partial charge in [0.05, 0.1) is 7.11 Å². The summed E-state index contributed by atoms with van der Waals surface area (Å²) < 4.78 is 5.09. The predicted octanol–water partition coefficient (Wildman–Crippen LogP) is 3.46. The lowest BCUT2D eigenvalue weighted by atomic mass is 10.1. The van der Waals surface area contributed by atoms with Crippen LogP contribution in [0.3, 0.4) is 0 Å². The minimum atomic E-state index is -0.427. The molecule has 0 saturated heterocycles. The van der Waals surface area contributed by atoms with E-state index in [0.29, 0.717) is 16.5 Å². The van der Waals surface area contributed by atoms with Crippen molar-refractivity contribution in [2.45, 2.75) is 6.92 Å². The van der Waals surface area contributed by atoms with Gasteiger partial charge in [-0.2, -0.15) is 0 Å². The number of nitrogens with one attached hydrogen (secondary N) is 2. The standard InChI is InChI=1S/C18H17ClN2O3/c1-12(22)20-17(11-13-3-9-16(24-2)10-4-13)18(23)21-15-7-5-14(19)6-8-15/h3-11H,1-2H3,(H,20,22)(H,21,23). The summed E-state index contributed by atoms with van der Waals surface area (Å²) in [6.07, 6.45) is 1.59. The quantitative estimate of drug-likeness (QED) is 0.816. The minimum absolute atomic E-state index is 0.141. The summed E-state index contributed by atoms with van der Waals surface area (Å²) in [7, 11) is 1.58. The second-order valence-electron chi connectivity index (χ2n) is 4.97. The molecule has 0 aliphatic carbocycles. The molecule has 0 unspecified atom stereocenters. The summed E-state index contributed by atoms with van der Waals surface area (Å²) >= 11 is 5.82. The molecule has 2 aromatic carbocycles. The van der Waals surface area contributed by atoms with Crippen LogP contribution < -0.4 is 15.4 Å². The first-order valence-corrected chi connectivity index (χ1v) is 7.56. The van der Waals surface area contributed by atoms with Gasteiger partial charge in [0.1, 0.15) is 11.4 Å². The molecule has 0 aliphatic heterocycles. The van der Waals surface area contributed by atoms with Gasteiger partial charge in [0.15, 0.2) is 0 Å². The summed E-state index contributed by atoms with van der Waals surface area (Å²) in [5, 5.41) is 5.83. The Morgan fingerprint density at radius 1 is 1.04 bits per heavy atom. The third kappa shape index (κ3) is 5.14. The van der Waals surface area contributed by atoms with Crippen LogP contribution in [-0.4, -0.2) is 18.9 Å². The average molecular weight is 345 g/mol. The zero-order valence-corrected chi connectivity index (χ0v) is 14.1. The Balaban J connectivity index is 2.22. The molecule has 0 fully saturated rings. The van der Waals surface area contributed by atoms with Crippen LogP contribution in [0.5, 0.6) is 5.75 Å². The third-order valence-electron chi connectivity index (χ3n) is 3.08. The topological polar surface area (TPSA) is 67.4 Å². The van der Waals surface area contributed by atoms with E-state index in [1.165, 1.54) is 6.92 Å². The van der Waals surface area contributed by atoms with Crippen molar-refractivity contribution in [3.63, 3.8) is 0 Å². The Labute approximate surface area is 145 Å². The predicted molar refractivity (Wildman–Crippen MR) is 94.9 cm³/mol. The van der Waals surface area contributed by atoms with Crippen molar-refractivity contribution in [3.05, 3.63) is 64.8 Å². The van der Waals surface area contributed by atoms with E-state index < -0.39 is 5.91 Å². The largest absolute Gasteiger partial charge is 0.497 e. The zero-order chi connectivity index (χ0) is 17.5. The Morgan fingerprint density at radius 2 is 1.67 bits per heavy atom. The number of methoxy groups -OCH3 is 1. The first-order chi connectivity index (χ1) is 11.5. The molecule has 0 atom stereocenters. The summed E-state index contributed by atoms with van der Waals surface area (Å²) in [6.45, 7) is 1.34. The number of hydrogen-bond acceptors (Lipinski definition) is 3. The van der Waals surface area contributed by atoms with Crippen LogP contribution in [0.25, 0.3) is 6.08 Å². The number of benzene rings is 2.